The van der Waals surface area contributed by atoms with E-state index in [4.69, 9.17) is 5.73 Å². The van der Waals surface area contributed by atoms with Crippen molar-refractivity contribution in [3.8, 4) is 17.0 Å². The van der Waals surface area contributed by atoms with Gasteiger partial charge in [0.15, 0.2) is 5.65 Å². The zero-order chi connectivity index (χ0) is 18.9. The molecule has 0 fully saturated rings. The van der Waals surface area contributed by atoms with Gasteiger partial charge in [-0.1, -0.05) is 12.1 Å². The summed E-state index contributed by atoms with van der Waals surface area (Å²) in [4.78, 5) is 23.5. The van der Waals surface area contributed by atoms with Crippen LogP contribution in [0.4, 0.5) is 24.9 Å². The monoisotopic (exact) mass is 363 g/mol. The minimum absolute atomic E-state index is 0.0108. The second kappa shape index (κ2) is 6.47. The maximum Gasteiger partial charge on any atom is 0.491 e. The summed E-state index contributed by atoms with van der Waals surface area (Å²) >= 11 is 0. The normalized spacial score (nSPS) is 11.4. The number of hydrogen-bond donors (Lipinski definition) is 2. The molecule has 0 atom stereocenters. The van der Waals surface area contributed by atoms with Crippen LogP contribution in [0.2, 0.25) is 0 Å². The van der Waals surface area contributed by atoms with Gasteiger partial charge in [0, 0.05) is 12.6 Å². The first-order valence-electron chi connectivity index (χ1n) is 7.30. The summed E-state index contributed by atoms with van der Waals surface area (Å²) in [5.74, 6) is -2.13. The van der Waals surface area contributed by atoms with Crippen molar-refractivity contribution in [1.29, 1.82) is 0 Å². The number of nitrogen functional groups attached to an aromatic ring is 1. The van der Waals surface area contributed by atoms with E-state index in [1.165, 1.54) is 18.2 Å². The number of fused-ring (bicyclic) bond motifs is 1. The number of alkyl halides is 3. The molecule has 0 saturated heterocycles. The molecule has 1 aromatic carbocycles. The molecule has 0 aliphatic rings. The molecule has 0 bridgehead atoms. The molecule has 10 heteroatoms. The van der Waals surface area contributed by atoms with Gasteiger partial charge in [-0.3, -0.25) is 0 Å². The van der Waals surface area contributed by atoms with Gasteiger partial charge in [0.1, 0.15) is 11.6 Å². The molecule has 3 N–H and O–H groups in total. The second-order valence-electron chi connectivity index (χ2n) is 5.13. The van der Waals surface area contributed by atoms with E-state index < -0.39 is 12.1 Å². The number of benzene rings is 1. The van der Waals surface area contributed by atoms with E-state index in [2.05, 4.69) is 25.0 Å². The Balaban J connectivity index is 2.08. The first kappa shape index (κ1) is 17.4. The van der Waals surface area contributed by atoms with Gasteiger partial charge in [0.2, 0.25) is 5.95 Å². The van der Waals surface area contributed by atoms with Crippen molar-refractivity contribution in [2.75, 3.05) is 18.1 Å². The highest BCUT2D eigenvalue weighted by molar-refractivity contribution is 5.89. The van der Waals surface area contributed by atoms with Gasteiger partial charge >= 0.3 is 12.1 Å². The van der Waals surface area contributed by atoms with Gasteiger partial charge < -0.3 is 15.8 Å². The van der Waals surface area contributed by atoms with Crippen LogP contribution in [0, 0.1) is 0 Å². The van der Waals surface area contributed by atoms with E-state index in [0.717, 1.165) is 0 Å². The van der Waals surface area contributed by atoms with Crippen molar-refractivity contribution in [2.24, 2.45) is 0 Å². The summed E-state index contributed by atoms with van der Waals surface area (Å²) in [6, 6.07) is 8.96. The molecule has 0 radical (unpaired) electrons. The Morgan fingerprint density at radius 1 is 1.12 bits per heavy atom. The van der Waals surface area contributed by atoms with Gasteiger partial charge in [0.05, 0.1) is 11.1 Å². The Kier molecular flexibility index (Phi) is 4.33. The van der Waals surface area contributed by atoms with Crippen LogP contribution >= 0.6 is 0 Å². The molecule has 26 heavy (non-hydrogen) atoms. The third kappa shape index (κ3) is 3.34. The first-order chi connectivity index (χ1) is 12.3. The number of nitrogens with zero attached hydrogens (tertiary/aromatic N) is 3. The Morgan fingerprint density at radius 3 is 2.54 bits per heavy atom. The molecule has 0 aliphatic heterocycles. The molecule has 134 valence electrons. The number of anilines is 2. The van der Waals surface area contributed by atoms with Gasteiger partial charge in [-0.15, -0.1) is 0 Å². The Labute approximate surface area is 145 Å². The fraction of sp³-hybridized carbons (Fsp3) is 0.125. The van der Waals surface area contributed by atoms with Crippen LogP contribution < -0.4 is 15.8 Å². The van der Waals surface area contributed by atoms with Crippen molar-refractivity contribution in [2.45, 2.75) is 6.18 Å². The van der Waals surface area contributed by atoms with Crippen LogP contribution in [-0.4, -0.2) is 34.1 Å². The van der Waals surface area contributed by atoms with Gasteiger partial charge in [0.25, 0.3) is 0 Å². The number of pyridine rings is 1. The molecule has 0 saturated carbocycles. The summed E-state index contributed by atoms with van der Waals surface area (Å²) in [7, 11) is 1.65. The summed E-state index contributed by atoms with van der Waals surface area (Å²) in [6.07, 6.45) is -5.10. The number of nitrogens with two attached hydrogens (primary N) is 1. The fourth-order valence-corrected chi connectivity index (χ4v) is 2.29. The molecule has 2 heterocycles. The Bertz CT molecular complexity index is 991. The summed E-state index contributed by atoms with van der Waals surface area (Å²) < 4.78 is 41.9. The van der Waals surface area contributed by atoms with Crippen LogP contribution in [0.25, 0.3) is 22.3 Å². The third-order valence-corrected chi connectivity index (χ3v) is 3.41. The molecule has 0 unspecified atom stereocenters. The highest BCUT2D eigenvalue weighted by Crippen LogP contribution is 2.32. The average Bonchev–Trinajstić information content (AvgIpc) is 2.60. The van der Waals surface area contributed by atoms with Gasteiger partial charge in [-0.25, -0.2) is 9.78 Å². The number of carbonyl (C=O) groups is 1. The van der Waals surface area contributed by atoms with Crippen molar-refractivity contribution in [3.63, 3.8) is 0 Å². The Morgan fingerprint density at radius 2 is 1.85 bits per heavy atom. The topological polar surface area (TPSA) is 103 Å². The van der Waals surface area contributed by atoms with Crippen LogP contribution in [0.3, 0.4) is 0 Å². The number of rotatable bonds is 3. The van der Waals surface area contributed by atoms with Gasteiger partial charge in [-0.2, -0.15) is 23.1 Å². The molecule has 0 amide bonds. The molecule has 3 rings (SSSR count). The van der Waals surface area contributed by atoms with E-state index in [9.17, 15) is 18.0 Å². The molecular formula is C16H12F3N5O2. The predicted octanol–water partition coefficient (Wildman–Crippen LogP) is 2.78. The average molecular weight is 363 g/mol. The lowest BCUT2D eigenvalue weighted by Crippen LogP contribution is -2.28. The Hall–Kier alpha value is -3.43. The lowest BCUT2D eigenvalue weighted by molar-refractivity contribution is -0.189. The number of ether oxygens (including phenoxy) is 1. The lowest BCUT2D eigenvalue weighted by atomic mass is 10.1. The number of esters is 1. The zero-order valence-corrected chi connectivity index (χ0v) is 13.3. The van der Waals surface area contributed by atoms with E-state index in [1.54, 1.807) is 25.2 Å². The summed E-state index contributed by atoms with van der Waals surface area (Å²) in [5, 5.41) is 3.44. The third-order valence-electron chi connectivity index (χ3n) is 3.41. The minimum atomic E-state index is -5.10. The number of halogens is 3. The summed E-state index contributed by atoms with van der Waals surface area (Å²) in [5.41, 5.74) is 6.35. The molecular weight excluding hydrogens is 351 g/mol. The van der Waals surface area contributed by atoms with Crippen LogP contribution in [0.1, 0.15) is 0 Å². The number of hydrogen-bond acceptors (Lipinski definition) is 7. The standard InChI is InChI=1S/C16H12F3N5O2/c1-21-12-9-6-7-10(22-13(9)24-15(20)23-12)8-4-2-3-5-11(8)26-14(25)16(17,18)19/h2-7H,1H3,(H3,20,21,22,23,24). The number of nitrogens with one attached hydrogen (secondary N) is 1. The number of aromatic nitrogens is 3. The maximum atomic E-state index is 12.5. The molecule has 3 aromatic rings. The number of carbonyl (C=O) groups excluding carboxylic acids is 1. The van der Waals surface area contributed by atoms with Crippen LogP contribution in [-0.2, 0) is 4.79 Å². The van der Waals surface area contributed by atoms with Crippen LogP contribution in [0.15, 0.2) is 36.4 Å². The highest BCUT2D eigenvalue weighted by Gasteiger charge is 2.41. The molecule has 2 aromatic heterocycles. The van der Waals surface area contributed by atoms with Crippen molar-refractivity contribution in [3.05, 3.63) is 36.4 Å². The molecule has 0 spiro atoms. The van der Waals surface area contributed by atoms with E-state index in [0.29, 0.717) is 11.2 Å². The minimum Gasteiger partial charge on any atom is -0.419 e. The first-order valence-corrected chi connectivity index (χ1v) is 7.30. The SMILES string of the molecule is CNc1nc(N)nc2nc(-c3ccccc3OC(=O)C(F)(F)F)ccc12. The summed E-state index contributed by atoms with van der Waals surface area (Å²) in [6.45, 7) is 0. The van der Waals surface area contributed by atoms with Crippen molar-refractivity contribution < 1.29 is 22.7 Å². The maximum absolute atomic E-state index is 12.5. The zero-order valence-electron chi connectivity index (χ0n) is 13.3. The van der Waals surface area contributed by atoms with E-state index >= 15 is 0 Å². The predicted molar refractivity (Wildman–Crippen MR) is 88.4 cm³/mol. The highest BCUT2D eigenvalue weighted by atomic mass is 19.4. The van der Waals surface area contributed by atoms with E-state index in [1.807, 2.05) is 0 Å². The lowest BCUT2D eigenvalue weighted by Gasteiger charge is -2.12. The quantitative estimate of drug-likeness (QED) is 0.545. The largest absolute Gasteiger partial charge is 0.491 e. The van der Waals surface area contributed by atoms with Crippen LogP contribution in [0.5, 0.6) is 5.75 Å². The molecule has 7 nitrogen and oxygen atoms in total. The van der Waals surface area contributed by atoms with E-state index in [-0.39, 0.29) is 28.6 Å². The fourth-order valence-electron chi connectivity index (χ4n) is 2.29. The number of para-hydroxylation sites is 1. The van der Waals surface area contributed by atoms with Crippen molar-refractivity contribution in [1.82, 2.24) is 15.0 Å². The van der Waals surface area contributed by atoms with Gasteiger partial charge in [-0.05, 0) is 24.3 Å². The second-order valence-corrected chi connectivity index (χ2v) is 5.13. The smallest absolute Gasteiger partial charge is 0.419 e. The van der Waals surface area contributed by atoms with Crippen molar-refractivity contribution >= 4 is 28.8 Å². The molecule has 0 aliphatic carbocycles.